The summed E-state index contributed by atoms with van der Waals surface area (Å²) in [4.78, 5) is 15.4. The molecular weight excluding hydrogens is 380 g/mol. The van der Waals surface area contributed by atoms with Gasteiger partial charge in [-0.25, -0.2) is 0 Å². The van der Waals surface area contributed by atoms with Crippen LogP contribution in [0, 0.1) is 17.3 Å². The van der Waals surface area contributed by atoms with E-state index >= 15 is 0 Å². The summed E-state index contributed by atoms with van der Waals surface area (Å²) in [5, 5.41) is 4.24. The topological polar surface area (TPSA) is 41.6 Å². The van der Waals surface area contributed by atoms with Gasteiger partial charge in [0.25, 0.3) is 0 Å². The van der Waals surface area contributed by atoms with E-state index in [0.717, 1.165) is 49.8 Å². The summed E-state index contributed by atoms with van der Waals surface area (Å²) in [6.07, 6.45) is 5.47. The normalized spacial score (nSPS) is 19.7. The number of amides is 1. The number of nitrogens with zero attached hydrogens (tertiary/aromatic N) is 1. The minimum atomic E-state index is -0.553. The van der Waals surface area contributed by atoms with Crippen molar-refractivity contribution < 1.29 is 9.53 Å². The number of carbonyl (C=O) groups excluding carboxylic acids is 1. The Hall–Kier alpha value is -0.780. The molecule has 0 radical (unpaired) electrons. The third-order valence-electron chi connectivity index (χ3n) is 7.24. The van der Waals surface area contributed by atoms with Crippen LogP contribution >= 0.6 is 11.8 Å². The molecule has 0 unspecified atom stereocenters. The first-order chi connectivity index (χ1) is 13.5. The van der Waals surface area contributed by atoms with Crippen LogP contribution in [0.2, 0.25) is 0 Å². The minimum Gasteiger partial charge on any atom is -0.381 e. The fraction of sp³-hybridized carbons (Fsp3) is 0.792. The van der Waals surface area contributed by atoms with E-state index in [9.17, 15) is 4.79 Å². The van der Waals surface area contributed by atoms with Crippen LogP contribution in [0.3, 0.4) is 0 Å². The number of thioether (sulfide) groups is 1. The molecule has 0 saturated carbocycles. The summed E-state index contributed by atoms with van der Waals surface area (Å²) in [5.74, 6) is 2.19. The standard InChI is InChI=1S/C24H42N2O2S/c1-9-19-16-29-21(14-20(19)23(4,5)17(2)3)25-22(27)24(6,7)26(8)15-18-10-12-28-13-11-18/h14,17-18H,9-13,15-16H2,1-8H3,(H,25,27). The van der Waals surface area contributed by atoms with Gasteiger partial charge in [-0.15, -0.1) is 11.8 Å². The Morgan fingerprint density at radius 3 is 2.45 bits per heavy atom. The quantitative estimate of drug-likeness (QED) is 0.582. The molecular formula is C24H42N2O2S. The van der Waals surface area contributed by atoms with Crippen LogP contribution in [-0.2, 0) is 9.53 Å². The lowest BCUT2D eigenvalue weighted by atomic mass is 9.72. The number of carbonyl (C=O) groups is 1. The van der Waals surface area contributed by atoms with E-state index in [-0.39, 0.29) is 11.3 Å². The van der Waals surface area contributed by atoms with E-state index < -0.39 is 5.54 Å². The molecule has 1 N–H and O–H groups in total. The molecule has 166 valence electrons. The molecule has 0 spiro atoms. The lowest BCUT2D eigenvalue weighted by Crippen LogP contribution is -2.54. The highest BCUT2D eigenvalue weighted by Gasteiger charge is 2.35. The van der Waals surface area contributed by atoms with Crippen molar-refractivity contribution in [3.05, 3.63) is 22.3 Å². The molecule has 4 nitrogen and oxygen atoms in total. The molecule has 2 aliphatic heterocycles. The second-order valence-electron chi connectivity index (χ2n) is 9.99. The van der Waals surface area contributed by atoms with Gasteiger partial charge in [-0.05, 0) is 69.1 Å². The number of ether oxygens (including phenoxy) is 1. The molecule has 0 aromatic carbocycles. The molecule has 0 aliphatic carbocycles. The molecule has 2 aliphatic rings. The molecule has 5 heteroatoms. The predicted molar refractivity (Wildman–Crippen MR) is 125 cm³/mol. The number of likely N-dealkylation sites (N-methyl/N-ethyl adjacent to an activating group) is 1. The summed E-state index contributed by atoms with van der Waals surface area (Å²) in [6.45, 7) is 18.1. The van der Waals surface area contributed by atoms with E-state index in [0.29, 0.717) is 11.8 Å². The van der Waals surface area contributed by atoms with Gasteiger partial charge >= 0.3 is 0 Å². The van der Waals surface area contributed by atoms with Crippen molar-refractivity contribution in [1.29, 1.82) is 0 Å². The molecule has 2 heterocycles. The van der Waals surface area contributed by atoms with Crippen LogP contribution in [0.25, 0.3) is 0 Å². The maximum absolute atomic E-state index is 13.2. The Labute approximate surface area is 182 Å². The Bertz CT molecular complexity index is 643. The number of rotatable bonds is 8. The van der Waals surface area contributed by atoms with Crippen LogP contribution < -0.4 is 5.32 Å². The van der Waals surface area contributed by atoms with Crippen LogP contribution in [0.1, 0.15) is 67.7 Å². The Morgan fingerprint density at radius 1 is 1.28 bits per heavy atom. The van der Waals surface area contributed by atoms with E-state index in [1.165, 1.54) is 11.1 Å². The van der Waals surface area contributed by atoms with E-state index in [2.05, 4.69) is 58.0 Å². The van der Waals surface area contributed by atoms with Crippen molar-refractivity contribution in [2.75, 3.05) is 32.6 Å². The van der Waals surface area contributed by atoms with Gasteiger partial charge in [0.1, 0.15) is 0 Å². The van der Waals surface area contributed by atoms with Gasteiger partial charge in [-0.1, -0.05) is 40.2 Å². The molecule has 0 bridgehead atoms. The molecule has 29 heavy (non-hydrogen) atoms. The fourth-order valence-electron chi connectivity index (χ4n) is 3.82. The molecule has 0 aromatic rings. The maximum atomic E-state index is 13.2. The van der Waals surface area contributed by atoms with Crippen LogP contribution in [-0.4, -0.2) is 48.9 Å². The Morgan fingerprint density at radius 2 is 1.90 bits per heavy atom. The third-order valence-corrected chi connectivity index (χ3v) is 8.27. The van der Waals surface area contributed by atoms with Gasteiger partial charge < -0.3 is 10.1 Å². The van der Waals surface area contributed by atoms with Crippen LogP contribution in [0.15, 0.2) is 22.3 Å². The zero-order chi connectivity index (χ0) is 21.8. The largest absolute Gasteiger partial charge is 0.381 e. The van der Waals surface area contributed by atoms with Crippen molar-refractivity contribution in [2.45, 2.75) is 73.3 Å². The SMILES string of the molecule is CCC1=C(C(C)(C)C(C)C)C=C(NC(=O)C(C)(C)N(C)CC2CCOCC2)SC1. The highest BCUT2D eigenvalue weighted by atomic mass is 32.2. The number of allylic oxidation sites excluding steroid dienone is 2. The minimum absolute atomic E-state index is 0.0764. The molecule has 1 saturated heterocycles. The fourth-order valence-corrected chi connectivity index (χ4v) is 4.87. The molecule has 1 fully saturated rings. The second kappa shape index (κ2) is 10.0. The van der Waals surface area contributed by atoms with E-state index in [1.54, 1.807) is 11.8 Å². The maximum Gasteiger partial charge on any atom is 0.244 e. The van der Waals surface area contributed by atoms with E-state index in [1.807, 2.05) is 13.8 Å². The third kappa shape index (κ3) is 5.89. The van der Waals surface area contributed by atoms with Gasteiger partial charge in [-0.3, -0.25) is 9.69 Å². The summed E-state index contributed by atoms with van der Waals surface area (Å²) in [6, 6.07) is 0. The van der Waals surface area contributed by atoms with E-state index in [4.69, 9.17) is 4.74 Å². The van der Waals surface area contributed by atoms with Gasteiger partial charge in [0.2, 0.25) is 5.91 Å². The number of hydrogen-bond acceptors (Lipinski definition) is 4. The van der Waals surface area contributed by atoms with Crippen molar-refractivity contribution >= 4 is 17.7 Å². The van der Waals surface area contributed by atoms with Gasteiger partial charge in [0.15, 0.2) is 0 Å². The lowest BCUT2D eigenvalue weighted by Gasteiger charge is -2.38. The summed E-state index contributed by atoms with van der Waals surface area (Å²) in [5.41, 5.74) is 2.44. The van der Waals surface area contributed by atoms with Crippen molar-refractivity contribution in [3.8, 4) is 0 Å². The first-order valence-electron chi connectivity index (χ1n) is 11.2. The average molecular weight is 423 g/mol. The molecule has 1 amide bonds. The Kier molecular flexibility index (Phi) is 8.46. The molecule has 0 atom stereocenters. The average Bonchev–Trinajstić information content (AvgIpc) is 2.68. The number of hydrogen-bond donors (Lipinski definition) is 1. The summed E-state index contributed by atoms with van der Waals surface area (Å²) in [7, 11) is 2.07. The van der Waals surface area contributed by atoms with Gasteiger partial charge in [0, 0.05) is 25.5 Å². The highest BCUT2D eigenvalue weighted by Crippen LogP contribution is 2.42. The molecule has 2 rings (SSSR count). The van der Waals surface area contributed by atoms with Crippen LogP contribution in [0.4, 0.5) is 0 Å². The van der Waals surface area contributed by atoms with Crippen molar-refractivity contribution in [3.63, 3.8) is 0 Å². The van der Waals surface area contributed by atoms with Gasteiger partial charge in [0.05, 0.1) is 10.6 Å². The van der Waals surface area contributed by atoms with Crippen molar-refractivity contribution in [1.82, 2.24) is 10.2 Å². The second-order valence-corrected chi connectivity index (χ2v) is 11.0. The van der Waals surface area contributed by atoms with Gasteiger partial charge in [-0.2, -0.15) is 0 Å². The Balaban J connectivity index is 2.11. The zero-order valence-corrected chi connectivity index (χ0v) is 20.7. The molecule has 0 aromatic heterocycles. The first kappa shape index (κ1) is 24.5. The van der Waals surface area contributed by atoms with Crippen LogP contribution in [0.5, 0.6) is 0 Å². The zero-order valence-electron chi connectivity index (χ0n) is 19.9. The summed E-state index contributed by atoms with van der Waals surface area (Å²) >= 11 is 1.76. The summed E-state index contributed by atoms with van der Waals surface area (Å²) < 4.78 is 5.47. The van der Waals surface area contributed by atoms with Crippen molar-refractivity contribution in [2.24, 2.45) is 17.3 Å². The monoisotopic (exact) mass is 422 g/mol. The predicted octanol–water partition coefficient (Wildman–Crippen LogP) is 5.22. The first-order valence-corrected chi connectivity index (χ1v) is 12.2. The smallest absolute Gasteiger partial charge is 0.244 e. The lowest BCUT2D eigenvalue weighted by molar-refractivity contribution is -0.130. The number of nitrogens with one attached hydrogen (secondary N) is 1. The highest BCUT2D eigenvalue weighted by molar-refractivity contribution is 8.03.